The van der Waals surface area contributed by atoms with Gasteiger partial charge in [0.2, 0.25) is 0 Å². The summed E-state index contributed by atoms with van der Waals surface area (Å²) in [6.07, 6.45) is 7.13. The van der Waals surface area contributed by atoms with Gasteiger partial charge in [-0.15, -0.1) is 5.10 Å². The van der Waals surface area contributed by atoms with Gasteiger partial charge in [-0.2, -0.15) is 4.68 Å². The Hall–Kier alpha value is -3.75. The SMILES string of the molecule is C=C1C=C(n2nnnc2CCCCOc2ccc(C(C)=O)c(O)c2CCC)C(C(=O)O)=CC1. The first-order valence-corrected chi connectivity index (χ1v) is 10.9. The van der Waals surface area contributed by atoms with Gasteiger partial charge in [-0.05, 0) is 66.8 Å². The number of aromatic nitrogens is 4. The van der Waals surface area contributed by atoms with E-state index in [0.717, 1.165) is 12.0 Å². The maximum Gasteiger partial charge on any atom is 0.337 e. The number of aliphatic carboxylic acids is 1. The molecule has 1 aromatic carbocycles. The Kier molecular flexibility index (Phi) is 7.76. The van der Waals surface area contributed by atoms with E-state index in [1.54, 1.807) is 24.3 Å². The van der Waals surface area contributed by atoms with Crippen LogP contribution in [-0.4, -0.2) is 48.8 Å². The van der Waals surface area contributed by atoms with Crippen LogP contribution in [0.4, 0.5) is 0 Å². The number of hydrogen-bond acceptors (Lipinski definition) is 7. The average molecular weight is 453 g/mol. The first-order chi connectivity index (χ1) is 15.8. The van der Waals surface area contributed by atoms with Gasteiger partial charge in [0.1, 0.15) is 11.5 Å². The van der Waals surface area contributed by atoms with Crippen LogP contribution in [0, 0.1) is 0 Å². The molecule has 0 saturated carbocycles. The molecule has 0 unspecified atom stereocenters. The molecule has 1 heterocycles. The number of aromatic hydroxyl groups is 1. The topological polar surface area (TPSA) is 127 Å². The number of ether oxygens (including phenoxy) is 1. The third-order valence-electron chi connectivity index (χ3n) is 5.35. The minimum absolute atomic E-state index is 0.00865. The zero-order valence-corrected chi connectivity index (χ0v) is 18.9. The summed E-state index contributed by atoms with van der Waals surface area (Å²) in [5.41, 5.74) is 2.28. The van der Waals surface area contributed by atoms with E-state index in [-0.39, 0.29) is 17.1 Å². The van der Waals surface area contributed by atoms with Crippen LogP contribution < -0.4 is 4.74 Å². The molecule has 2 aromatic rings. The molecule has 2 N–H and O–H groups in total. The number of aryl methyl sites for hydroxylation is 1. The summed E-state index contributed by atoms with van der Waals surface area (Å²) in [5.74, 6) is -0.104. The number of carbonyl (C=O) groups is 2. The molecule has 1 aliphatic rings. The first kappa shape index (κ1) is 23.9. The lowest BCUT2D eigenvalue weighted by Gasteiger charge is -2.15. The van der Waals surface area contributed by atoms with Crippen LogP contribution in [0.1, 0.15) is 61.3 Å². The summed E-state index contributed by atoms with van der Waals surface area (Å²) in [6.45, 7) is 7.74. The number of tetrazole rings is 1. The smallest absolute Gasteiger partial charge is 0.337 e. The Balaban J connectivity index is 1.62. The summed E-state index contributed by atoms with van der Waals surface area (Å²) in [4.78, 5) is 23.3. The van der Waals surface area contributed by atoms with Gasteiger partial charge in [0.05, 0.1) is 23.4 Å². The Morgan fingerprint density at radius 3 is 2.73 bits per heavy atom. The monoisotopic (exact) mass is 452 g/mol. The summed E-state index contributed by atoms with van der Waals surface area (Å²) < 4.78 is 7.34. The number of benzene rings is 1. The van der Waals surface area contributed by atoms with E-state index in [2.05, 4.69) is 22.1 Å². The predicted octanol–water partition coefficient (Wildman–Crippen LogP) is 3.75. The lowest BCUT2D eigenvalue weighted by Crippen LogP contribution is -2.15. The highest BCUT2D eigenvalue weighted by Crippen LogP contribution is 2.33. The number of hydrogen-bond donors (Lipinski definition) is 2. The maximum atomic E-state index is 11.7. The fourth-order valence-electron chi connectivity index (χ4n) is 3.68. The Morgan fingerprint density at radius 1 is 1.24 bits per heavy atom. The van der Waals surface area contributed by atoms with Gasteiger partial charge in [-0.3, -0.25) is 4.79 Å². The Bertz CT molecular complexity index is 1130. The number of unbranched alkanes of at least 4 members (excludes halogenated alkanes) is 1. The largest absolute Gasteiger partial charge is 0.507 e. The standard InChI is InChI=1S/C24H28N4O5/c1-4-7-19-21(12-11-17(16(3)29)23(19)30)33-13-6-5-8-22-25-26-27-28(22)20-14-15(2)9-10-18(20)24(31)32/h10-12,14,30H,2,4-9,13H2,1,3H3,(H,31,32). The fraction of sp³-hybridized carbons (Fsp3) is 0.375. The van der Waals surface area contributed by atoms with Crippen LogP contribution in [0.5, 0.6) is 11.5 Å². The van der Waals surface area contributed by atoms with Crippen LogP contribution in [0.3, 0.4) is 0 Å². The number of phenols is 1. The second kappa shape index (κ2) is 10.7. The quantitative estimate of drug-likeness (QED) is 0.390. The highest BCUT2D eigenvalue weighted by atomic mass is 16.5. The zero-order valence-electron chi connectivity index (χ0n) is 18.9. The lowest BCUT2D eigenvalue weighted by molar-refractivity contribution is -0.132. The number of carboxylic acids is 1. The Labute approximate surface area is 192 Å². The molecule has 174 valence electrons. The maximum absolute atomic E-state index is 11.7. The molecule has 0 radical (unpaired) electrons. The molecule has 0 bridgehead atoms. The van der Waals surface area contributed by atoms with Crippen LogP contribution in [-0.2, 0) is 17.6 Å². The van der Waals surface area contributed by atoms with Gasteiger partial charge in [0.25, 0.3) is 0 Å². The molecule has 3 rings (SSSR count). The van der Waals surface area contributed by atoms with Gasteiger partial charge in [-0.25, -0.2) is 4.79 Å². The number of phenolic OH excluding ortho intramolecular Hbond substituents is 1. The van der Waals surface area contributed by atoms with E-state index >= 15 is 0 Å². The number of rotatable bonds is 11. The van der Waals surface area contributed by atoms with E-state index < -0.39 is 5.97 Å². The van der Waals surface area contributed by atoms with Crippen molar-refractivity contribution in [1.29, 1.82) is 0 Å². The molecule has 1 aliphatic carbocycles. The van der Waals surface area contributed by atoms with Crippen molar-refractivity contribution in [2.75, 3.05) is 6.61 Å². The van der Waals surface area contributed by atoms with E-state index in [1.807, 2.05) is 6.92 Å². The zero-order chi connectivity index (χ0) is 24.0. The van der Waals surface area contributed by atoms with Crippen molar-refractivity contribution in [3.8, 4) is 11.5 Å². The number of ketones is 1. The highest BCUT2D eigenvalue weighted by Gasteiger charge is 2.22. The third-order valence-corrected chi connectivity index (χ3v) is 5.35. The van der Waals surface area contributed by atoms with Crippen molar-refractivity contribution in [3.63, 3.8) is 0 Å². The molecule has 1 aromatic heterocycles. The van der Waals surface area contributed by atoms with Gasteiger partial charge in [0.15, 0.2) is 11.6 Å². The number of nitrogens with zero attached hydrogens (tertiary/aromatic N) is 4. The first-order valence-electron chi connectivity index (χ1n) is 10.9. The fourth-order valence-corrected chi connectivity index (χ4v) is 3.68. The molecule has 9 nitrogen and oxygen atoms in total. The van der Waals surface area contributed by atoms with Gasteiger partial charge in [-0.1, -0.05) is 26.0 Å². The summed E-state index contributed by atoms with van der Waals surface area (Å²) in [6, 6.07) is 3.31. The minimum atomic E-state index is -1.04. The molecule has 0 amide bonds. The molecule has 0 aliphatic heterocycles. The van der Waals surface area contributed by atoms with Crippen LogP contribution in [0.25, 0.3) is 5.70 Å². The Morgan fingerprint density at radius 2 is 2.03 bits per heavy atom. The molecule has 0 fully saturated rings. The highest BCUT2D eigenvalue weighted by molar-refractivity contribution is 6.02. The van der Waals surface area contributed by atoms with E-state index in [4.69, 9.17) is 4.74 Å². The second-order valence-corrected chi connectivity index (χ2v) is 7.87. The number of carbonyl (C=O) groups excluding carboxylic acids is 1. The summed E-state index contributed by atoms with van der Waals surface area (Å²) in [5, 5.41) is 31.7. The molecule has 0 atom stereocenters. The van der Waals surface area contributed by atoms with E-state index in [0.29, 0.717) is 67.1 Å². The summed E-state index contributed by atoms with van der Waals surface area (Å²) >= 11 is 0. The molecule has 0 spiro atoms. The minimum Gasteiger partial charge on any atom is -0.507 e. The van der Waals surface area contributed by atoms with Crippen molar-refractivity contribution < 1.29 is 24.5 Å². The van der Waals surface area contributed by atoms with Gasteiger partial charge >= 0.3 is 5.97 Å². The van der Waals surface area contributed by atoms with Crippen LogP contribution >= 0.6 is 0 Å². The predicted molar refractivity (Wildman–Crippen MR) is 122 cm³/mol. The number of allylic oxidation sites excluding steroid dienone is 3. The van der Waals surface area contributed by atoms with Crippen molar-refractivity contribution in [1.82, 2.24) is 20.2 Å². The van der Waals surface area contributed by atoms with E-state index in [1.165, 1.54) is 11.6 Å². The van der Waals surface area contributed by atoms with E-state index in [9.17, 15) is 19.8 Å². The van der Waals surface area contributed by atoms with Gasteiger partial charge < -0.3 is 14.9 Å². The van der Waals surface area contributed by atoms with Crippen molar-refractivity contribution in [2.45, 2.75) is 52.4 Å². The molecular formula is C24H28N4O5. The third kappa shape index (κ3) is 5.54. The lowest BCUT2D eigenvalue weighted by atomic mass is 10.00. The normalized spacial score (nSPS) is 13.5. The molecule has 33 heavy (non-hydrogen) atoms. The van der Waals surface area contributed by atoms with Crippen molar-refractivity contribution in [3.05, 3.63) is 59.0 Å². The number of Topliss-reactive ketones (excluding diaryl/α,β-unsaturated/α-hetero) is 1. The van der Waals surface area contributed by atoms with Gasteiger partial charge in [0, 0.05) is 12.0 Å². The van der Waals surface area contributed by atoms with Crippen LogP contribution in [0.15, 0.2) is 42.0 Å². The molecule has 0 saturated heterocycles. The molecular weight excluding hydrogens is 424 g/mol. The van der Waals surface area contributed by atoms with Crippen molar-refractivity contribution >= 4 is 17.4 Å². The van der Waals surface area contributed by atoms with Crippen molar-refractivity contribution in [2.24, 2.45) is 0 Å². The second-order valence-electron chi connectivity index (χ2n) is 7.87. The number of carboxylic acid groups (broad SMARTS) is 1. The summed E-state index contributed by atoms with van der Waals surface area (Å²) in [7, 11) is 0. The average Bonchev–Trinajstić information content (AvgIpc) is 3.23. The molecule has 9 heteroatoms. The van der Waals surface area contributed by atoms with Crippen LogP contribution in [0.2, 0.25) is 0 Å².